The standard InChI is InChI=1S/C12H8BrClN2O/c13-8-4-5-10(14)9(7-8)12(17)16-11-3-1-2-6-15-11/h1-7H,(H,15,16,17). The minimum absolute atomic E-state index is 0.282. The van der Waals surface area contributed by atoms with Crippen LogP contribution in [0.4, 0.5) is 5.82 Å². The molecule has 2 rings (SSSR count). The molecule has 0 atom stereocenters. The summed E-state index contributed by atoms with van der Waals surface area (Å²) in [5.41, 5.74) is 0.409. The van der Waals surface area contributed by atoms with Gasteiger partial charge in [-0.3, -0.25) is 4.79 Å². The van der Waals surface area contributed by atoms with Crippen LogP contribution in [-0.2, 0) is 0 Å². The van der Waals surface area contributed by atoms with Crippen molar-refractivity contribution in [1.82, 2.24) is 4.98 Å². The molecular formula is C12H8BrClN2O. The number of aromatic nitrogens is 1. The van der Waals surface area contributed by atoms with E-state index in [-0.39, 0.29) is 5.91 Å². The zero-order valence-electron chi connectivity index (χ0n) is 8.65. The highest BCUT2D eigenvalue weighted by molar-refractivity contribution is 9.10. The zero-order valence-corrected chi connectivity index (χ0v) is 11.0. The SMILES string of the molecule is O=C(Nc1ccccn1)c1cc(Br)ccc1Cl. The first-order chi connectivity index (χ1) is 8.16. The first kappa shape index (κ1) is 12.1. The molecular weight excluding hydrogens is 304 g/mol. The summed E-state index contributed by atoms with van der Waals surface area (Å²) in [6, 6.07) is 10.4. The van der Waals surface area contributed by atoms with Gasteiger partial charge in [-0.1, -0.05) is 33.6 Å². The fourth-order valence-electron chi connectivity index (χ4n) is 1.29. The van der Waals surface area contributed by atoms with E-state index in [0.29, 0.717) is 16.4 Å². The van der Waals surface area contributed by atoms with Gasteiger partial charge in [0.15, 0.2) is 0 Å². The summed E-state index contributed by atoms with van der Waals surface area (Å²) in [6.07, 6.45) is 1.61. The average Bonchev–Trinajstić information content (AvgIpc) is 2.33. The summed E-state index contributed by atoms with van der Waals surface area (Å²) in [7, 11) is 0. The third-order valence-corrected chi connectivity index (χ3v) is 2.90. The molecule has 0 radical (unpaired) electrons. The molecule has 0 saturated heterocycles. The van der Waals surface area contributed by atoms with Crippen LogP contribution in [-0.4, -0.2) is 10.9 Å². The van der Waals surface area contributed by atoms with Crippen LogP contribution >= 0.6 is 27.5 Å². The van der Waals surface area contributed by atoms with Gasteiger partial charge < -0.3 is 5.32 Å². The predicted molar refractivity (Wildman–Crippen MR) is 71.3 cm³/mol. The lowest BCUT2D eigenvalue weighted by Crippen LogP contribution is -2.13. The summed E-state index contributed by atoms with van der Waals surface area (Å²) in [5, 5.41) is 3.08. The van der Waals surface area contributed by atoms with Crippen LogP contribution in [0.15, 0.2) is 47.1 Å². The number of anilines is 1. The number of nitrogens with one attached hydrogen (secondary N) is 1. The zero-order chi connectivity index (χ0) is 12.3. The number of carbonyl (C=O) groups is 1. The number of rotatable bonds is 2. The van der Waals surface area contributed by atoms with E-state index in [9.17, 15) is 4.79 Å². The van der Waals surface area contributed by atoms with E-state index < -0.39 is 0 Å². The van der Waals surface area contributed by atoms with Gasteiger partial charge in [0.2, 0.25) is 0 Å². The minimum atomic E-state index is -0.282. The normalized spacial score (nSPS) is 10.0. The number of nitrogens with zero attached hydrogens (tertiary/aromatic N) is 1. The van der Waals surface area contributed by atoms with Crippen LogP contribution in [0.25, 0.3) is 0 Å². The van der Waals surface area contributed by atoms with Crippen LogP contribution in [0.2, 0.25) is 5.02 Å². The summed E-state index contributed by atoms with van der Waals surface area (Å²) in [5.74, 6) is 0.212. The summed E-state index contributed by atoms with van der Waals surface area (Å²) >= 11 is 9.25. The molecule has 86 valence electrons. The van der Waals surface area contributed by atoms with Gasteiger partial charge in [-0.05, 0) is 30.3 Å². The third kappa shape index (κ3) is 3.05. The third-order valence-electron chi connectivity index (χ3n) is 2.08. The van der Waals surface area contributed by atoms with Crippen molar-refractivity contribution in [2.45, 2.75) is 0 Å². The van der Waals surface area contributed by atoms with E-state index in [0.717, 1.165) is 4.47 Å². The van der Waals surface area contributed by atoms with E-state index in [4.69, 9.17) is 11.6 Å². The molecule has 2 aromatic rings. The Morgan fingerprint density at radius 2 is 2.12 bits per heavy atom. The first-order valence-corrected chi connectivity index (χ1v) is 6.01. The number of benzene rings is 1. The lowest BCUT2D eigenvalue weighted by atomic mass is 10.2. The molecule has 0 aliphatic carbocycles. The van der Waals surface area contributed by atoms with Crippen LogP contribution in [0.3, 0.4) is 0 Å². The number of hydrogen-bond donors (Lipinski definition) is 1. The van der Waals surface area contributed by atoms with Crippen molar-refractivity contribution in [3.05, 3.63) is 57.7 Å². The molecule has 3 nitrogen and oxygen atoms in total. The number of amides is 1. The van der Waals surface area contributed by atoms with Crippen molar-refractivity contribution in [3.63, 3.8) is 0 Å². The van der Waals surface area contributed by atoms with Crippen molar-refractivity contribution in [2.75, 3.05) is 5.32 Å². The highest BCUT2D eigenvalue weighted by Crippen LogP contribution is 2.21. The lowest BCUT2D eigenvalue weighted by molar-refractivity contribution is 0.102. The fourth-order valence-corrected chi connectivity index (χ4v) is 1.86. The van der Waals surface area contributed by atoms with E-state index in [1.165, 1.54) is 0 Å². The fraction of sp³-hybridized carbons (Fsp3) is 0. The summed E-state index contributed by atoms with van der Waals surface area (Å²) < 4.78 is 0.799. The van der Waals surface area contributed by atoms with Gasteiger partial charge in [-0.25, -0.2) is 4.98 Å². The average molecular weight is 312 g/mol. The van der Waals surface area contributed by atoms with Crippen molar-refractivity contribution in [3.8, 4) is 0 Å². The Morgan fingerprint density at radius 1 is 1.29 bits per heavy atom. The second-order valence-corrected chi connectivity index (χ2v) is 4.62. The molecule has 0 aliphatic rings. The maximum atomic E-state index is 11.9. The lowest BCUT2D eigenvalue weighted by Gasteiger charge is -2.06. The van der Waals surface area contributed by atoms with Crippen molar-refractivity contribution in [2.24, 2.45) is 0 Å². The molecule has 17 heavy (non-hydrogen) atoms. The van der Waals surface area contributed by atoms with E-state index in [2.05, 4.69) is 26.2 Å². The van der Waals surface area contributed by atoms with E-state index in [1.54, 1.807) is 42.6 Å². The maximum Gasteiger partial charge on any atom is 0.258 e. The largest absolute Gasteiger partial charge is 0.307 e. The molecule has 1 aromatic carbocycles. The van der Waals surface area contributed by atoms with Crippen LogP contribution in [0.5, 0.6) is 0 Å². The first-order valence-electron chi connectivity index (χ1n) is 4.84. The van der Waals surface area contributed by atoms with E-state index >= 15 is 0 Å². The van der Waals surface area contributed by atoms with Gasteiger partial charge >= 0.3 is 0 Å². The van der Waals surface area contributed by atoms with Crippen LogP contribution in [0, 0.1) is 0 Å². The number of halogens is 2. The van der Waals surface area contributed by atoms with Gasteiger partial charge in [0, 0.05) is 10.7 Å². The van der Waals surface area contributed by atoms with Gasteiger partial charge in [-0.2, -0.15) is 0 Å². The highest BCUT2D eigenvalue weighted by Gasteiger charge is 2.11. The predicted octanol–water partition coefficient (Wildman–Crippen LogP) is 3.75. The highest BCUT2D eigenvalue weighted by atomic mass is 79.9. The van der Waals surface area contributed by atoms with Gasteiger partial charge in [-0.15, -0.1) is 0 Å². The molecule has 0 saturated carbocycles. The molecule has 1 aromatic heterocycles. The Balaban J connectivity index is 2.23. The molecule has 0 unspecified atom stereocenters. The Bertz CT molecular complexity index is 545. The smallest absolute Gasteiger partial charge is 0.258 e. The van der Waals surface area contributed by atoms with Crippen molar-refractivity contribution in [1.29, 1.82) is 0 Å². The quantitative estimate of drug-likeness (QED) is 0.918. The molecule has 0 spiro atoms. The molecule has 0 bridgehead atoms. The summed E-state index contributed by atoms with van der Waals surface area (Å²) in [4.78, 5) is 15.9. The number of carbonyl (C=O) groups excluding carboxylic acids is 1. The Labute approximate surface area is 112 Å². The van der Waals surface area contributed by atoms with Gasteiger partial charge in [0.1, 0.15) is 5.82 Å². The van der Waals surface area contributed by atoms with Gasteiger partial charge in [0.25, 0.3) is 5.91 Å². The number of hydrogen-bond acceptors (Lipinski definition) is 2. The summed E-state index contributed by atoms with van der Waals surface area (Å²) in [6.45, 7) is 0. The topological polar surface area (TPSA) is 42.0 Å². The second kappa shape index (κ2) is 5.29. The molecule has 5 heteroatoms. The Morgan fingerprint density at radius 3 is 2.82 bits per heavy atom. The minimum Gasteiger partial charge on any atom is -0.307 e. The second-order valence-electron chi connectivity index (χ2n) is 3.29. The monoisotopic (exact) mass is 310 g/mol. The van der Waals surface area contributed by atoms with E-state index in [1.807, 2.05) is 0 Å². The van der Waals surface area contributed by atoms with Crippen LogP contribution < -0.4 is 5.32 Å². The Kier molecular flexibility index (Phi) is 3.76. The molecule has 1 N–H and O–H groups in total. The molecule has 1 amide bonds. The maximum absolute atomic E-state index is 11.9. The van der Waals surface area contributed by atoms with Crippen molar-refractivity contribution < 1.29 is 4.79 Å². The van der Waals surface area contributed by atoms with Crippen molar-refractivity contribution >= 4 is 39.3 Å². The molecule has 1 heterocycles. The molecule has 0 fully saturated rings. The Hall–Kier alpha value is -1.39. The van der Waals surface area contributed by atoms with Gasteiger partial charge in [0.05, 0.1) is 10.6 Å². The van der Waals surface area contributed by atoms with Crippen LogP contribution in [0.1, 0.15) is 10.4 Å². The number of pyridine rings is 1. The molecule has 0 aliphatic heterocycles.